The second kappa shape index (κ2) is 55.7. The van der Waals surface area contributed by atoms with E-state index in [0.29, 0.717) is 25.9 Å². The van der Waals surface area contributed by atoms with Crippen LogP contribution < -0.4 is 5.32 Å². The largest absolute Gasteiger partial charge is 0.466 e. The van der Waals surface area contributed by atoms with E-state index in [9.17, 15) is 19.8 Å². The number of aliphatic hydroxyl groups is 2. The first-order valence-electron chi connectivity index (χ1n) is 29.2. The lowest BCUT2D eigenvalue weighted by atomic mass is 10.0. The van der Waals surface area contributed by atoms with Crippen LogP contribution in [0, 0.1) is 0 Å². The molecule has 0 saturated heterocycles. The van der Waals surface area contributed by atoms with Crippen molar-refractivity contribution in [1.29, 1.82) is 0 Å². The first kappa shape index (κ1) is 64.1. The quantitative estimate of drug-likeness (QED) is 0.0321. The molecule has 0 saturated carbocycles. The van der Waals surface area contributed by atoms with Crippen molar-refractivity contribution in [2.75, 3.05) is 13.2 Å². The van der Waals surface area contributed by atoms with Crippen molar-refractivity contribution >= 4 is 11.9 Å². The zero-order chi connectivity index (χ0) is 47.9. The Bertz CT molecular complexity index is 1070. The van der Waals surface area contributed by atoms with E-state index < -0.39 is 12.1 Å². The number of carbonyl (C=O) groups is 2. The monoisotopic (exact) mass is 928 g/mol. The van der Waals surface area contributed by atoms with Crippen LogP contribution in [0.4, 0.5) is 0 Å². The van der Waals surface area contributed by atoms with Gasteiger partial charge in [0.15, 0.2) is 0 Å². The van der Waals surface area contributed by atoms with Crippen LogP contribution in [0.2, 0.25) is 0 Å². The minimum absolute atomic E-state index is 0.00329. The van der Waals surface area contributed by atoms with Crippen LogP contribution in [0.1, 0.15) is 309 Å². The van der Waals surface area contributed by atoms with Gasteiger partial charge in [-0.15, -0.1) is 0 Å². The number of nitrogens with one attached hydrogen (secondary N) is 1. The fraction of sp³-hybridized carbons (Fsp3) is 0.867. The van der Waals surface area contributed by atoms with Gasteiger partial charge in [-0.25, -0.2) is 0 Å². The second-order valence-electron chi connectivity index (χ2n) is 20.0. The van der Waals surface area contributed by atoms with Crippen molar-refractivity contribution in [2.45, 2.75) is 321 Å². The number of rotatable bonds is 54. The Morgan fingerprint density at radius 2 is 0.758 bits per heavy atom. The molecule has 0 spiro atoms. The highest BCUT2D eigenvalue weighted by atomic mass is 16.5. The molecule has 0 heterocycles. The van der Waals surface area contributed by atoms with Crippen LogP contribution in [-0.4, -0.2) is 47.4 Å². The molecule has 0 fully saturated rings. The van der Waals surface area contributed by atoms with Crippen LogP contribution in [0.5, 0.6) is 0 Å². The zero-order valence-electron chi connectivity index (χ0n) is 44.2. The second-order valence-corrected chi connectivity index (χ2v) is 20.0. The van der Waals surface area contributed by atoms with E-state index in [2.05, 4.69) is 55.6 Å². The Hall–Kier alpha value is -1.92. The summed E-state index contributed by atoms with van der Waals surface area (Å²) in [6, 6.07) is -0.549. The summed E-state index contributed by atoms with van der Waals surface area (Å²) in [7, 11) is 0. The van der Waals surface area contributed by atoms with Gasteiger partial charge in [-0.05, 0) is 83.5 Å². The van der Waals surface area contributed by atoms with Gasteiger partial charge in [0.05, 0.1) is 25.4 Å². The number of allylic oxidation sites excluding steroid dienone is 6. The maximum absolute atomic E-state index is 12.5. The molecular weight excluding hydrogens is 815 g/mol. The summed E-state index contributed by atoms with van der Waals surface area (Å²) >= 11 is 0. The van der Waals surface area contributed by atoms with Gasteiger partial charge in [0, 0.05) is 12.8 Å². The van der Waals surface area contributed by atoms with E-state index in [1.54, 1.807) is 0 Å². The molecular formula is C60H113NO5. The van der Waals surface area contributed by atoms with Gasteiger partial charge >= 0.3 is 5.97 Å². The van der Waals surface area contributed by atoms with Crippen molar-refractivity contribution < 1.29 is 24.5 Å². The summed E-state index contributed by atoms with van der Waals surface area (Å²) < 4.78 is 5.46. The van der Waals surface area contributed by atoms with Gasteiger partial charge in [-0.2, -0.15) is 0 Å². The number of amides is 1. The van der Waals surface area contributed by atoms with Crippen LogP contribution in [0.25, 0.3) is 0 Å². The normalized spacial score (nSPS) is 12.8. The molecule has 66 heavy (non-hydrogen) atoms. The molecule has 2 atom stereocenters. The number of carbonyl (C=O) groups excluding carboxylic acids is 2. The standard InChI is InChI=1S/C60H113NO5/c1-3-5-7-9-11-13-15-17-29-32-36-40-44-48-52-58(63)57(56-62)61-59(64)53-49-45-41-37-33-30-27-25-23-21-19-18-20-22-24-26-28-31-35-39-43-47-51-55-66-60(65)54-50-46-42-38-34-16-14-12-10-8-6-4-2/h12,14,18,20-21,23,57-58,62-63H,3-11,13,15-17,19,22,24-56H2,1-2H3,(H,61,64)/b14-12-,20-18-,23-21-. The Morgan fingerprint density at radius 3 is 1.20 bits per heavy atom. The van der Waals surface area contributed by atoms with E-state index in [1.165, 1.54) is 218 Å². The topological polar surface area (TPSA) is 95.9 Å². The van der Waals surface area contributed by atoms with Crippen molar-refractivity contribution in [3.8, 4) is 0 Å². The van der Waals surface area contributed by atoms with Crippen molar-refractivity contribution in [3.63, 3.8) is 0 Å². The Kier molecular flexibility index (Phi) is 54.1. The molecule has 388 valence electrons. The minimum Gasteiger partial charge on any atom is -0.466 e. The zero-order valence-corrected chi connectivity index (χ0v) is 44.2. The molecule has 0 bridgehead atoms. The summed E-state index contributed by atoms with van der Waals surface area (Å²) in [5.41, 5.74) is 0. The predicted octanol–water partition coefficient (Wildman–Crippen LogP) is 18.0. The summed E-state index contributed by atoms with van der Waals surface area (Å²) in [6.07, 6.45) is 68.5. The van der Waals surface area contributed by atoms with Crippen LogP contribution >= 0.6 is 0 Å². The van der Waals surface area contributed by atoms with Crippen LogP contribution in [0.3, 0.4) is 0 Å². The van der Waals surface area contributed by atoms with E-state index in [4.69, 9.17) is 4.74 Å². The van der Waals surface area contributed by atoms with E-state index >= 15 is 0 Å². The summed E-state index contributed by atoms with van der Waals surface area (Å²) in [6.45, 7) is 4.92. The SMILES string of the molecule is CCCCC/C=C\CCCCCCCC(=O)OCCCCCCCCCCC/C=C\C/C=C\CCCCCCCCCC(=O)NC(CO)C(O)CCCCCCCCCCCCCCCC. The maximum Gasteiger partial charge on any atom is 0.305 e. The van der Waals surface area contributed by atoms with Gasteiger partial charge in [0.25, 0.3) is 0 Å². The highest BCUT2D eigenvalue weighted by Gasteiger charge is 2.20. The molecule has 0 aliphatic rings. The molecule has 0 aliphatic heterocycles. The van der Waals surface area contributed by atoms with Gasteiger partial charge in [-0.3, -0.25) is 9.59 Å². The molecule has 0 radical (unpaired) electrons. The van der Waals surface area contributed by atoms with Crippen molar-refractivity contribution in [3.05, 3.63) is 36.5 Å². The molecule has 2 unspecified atom stereocenters. The number of esters is 1. The molecule has 0 aromatic rings. The average molecular weight is 929 g/mol. The van der Waals surface area contributed by atoms with Crippen molar-refractivity contribution in [2.24, 2.45) is 0 Å². The summed E-state index contributed by atoms with van der Waals surface area (Å²) in [5, 5.41) is 23.2. The molecule has 6 heteroatoms. The van der Waals surface area contributed by atoms with E-state index in [0.717, 1.165) is 57.8 Å². The van der Waals surface area contributed by atoms with Crippen LogP contribution in [-0.2, 0) is 14.3 Å². The third kappa shape index (κ3) is 51.5. The molecule has 1 amide bonds. The lowest BCUT2D eigenvalue weighted by molar-refractivity contribution is -0.143. The minimum atomic E-state index is -0.670. The third-order valence-corrected chi connectivity index (χ3v) is 13.4. The first-order chi connectivity index (χ1) is 32.5. The number of aliphatic hydroxyl groups excluding tert-OH is 2. The Morgan fingerprint density at radius 1 is 0.424 bits per heavy atom. The van der Waals surface area contributed by atoms with Crippen LogP contribution in [0.15, 0.2) is 36.5 Å². The fourth-order valence-corrected chi connectivity index (χ4v) is 8.90. The number of hydrogen-bond donors (Lipinski definition) is 3. The Labute approximate surface area is 411 Å². The number of hydrogen-bond acceptors (Lipinski definition) is 5. The van der Waals surface area contributed by atoms with E-state index in [1.807, 2.05) is 0 Å². The average Bonchev–Trinajstić information content (AvgIpc) is 3.32. The first-order valence-corrected chi connectivity index (χ1v) is 29.2. The van der Waals surface area contributed by atoms with Gasteiger partial charge in [-0.1, -0.05) is 249 Å². The highest BCUT2D eigenvalue weighted by Crippen LogP contribution is 2.16. The molecule has 6 nitrogen and oxygen atoms in total. The smallest absolute Gasteiger partial charge is 0.305 e. The van der Waals surface area contributed by atoms with Crippen molar-refractivity contribution in [1.82, 2.24) is 5.32 Å². The summed E-state index contributed by atoms with van der Waals surface area (Å²) in [5.74, 6) is -0.0483. The van der Waals surface area contributed by atoms with Gasteiger partial charge < -0.3 is 20.3 Å². The molecule has 0 aromatic heterocycles. The fourth-order valence-electron chi connectivity index (χ4n) is 8.90. The molecule has 3 N–H and O–H groups in total. The highest BCUT2D eigenvalue weighted by molar-refractivity contribution is 5.76. The Balaban J connectivity index is 3.46. The number of unbranched alkanes of at least 4 members (excludes halogenated alkanes) is 37. The third-order valence-electron chi connectivity index (χ3n) is 13.4. The molecule has 0 aliphatic carbocycles. The predicted molar refractivity (Wildman–Crippen MR) is 287 cm³/mol. The van der Waals surface area contributed by atoms with Gasteiger partial charge in [0.2, 0.25) is 5.91 Å². The number of ether oxygens (including phenoxy) is 1. The van der Waals surface area contributed by atoms with Gasteiger partial charge in [0.1, 0.15) is 0 Å². The maximum atomic E-state index is 12.5. The summed E-state index contributed by atoms with van der Waals surface area (Å²) in [4.78, 5) is 24.5. The lowest BCUT2D eigenvalue weighted by Gasteiger charge is -2.22. The van der Waals surface area contributed by atoms with E-state index in [-0.39, 0.29) is 18.5 Å². The lowest BCUT2D eigenvalue weighted by Crippen LogP contribution is -2.45. The molecule has 0 rings (SSSR count). The molecule has 0 aromatic carbocycles.